The lowest BCUT2D eigenvalue weighted by atomic mass is 9.96. The largest absolute Gasteiger partial charge is 0.385 e. The lowest BCUT2D eigenvalue weighted by Gasteiger charge is -2.10. The average Bonchev–Trinajstić information content (AvgIpc) is 2.66. The minimum absolute atomic E-state index is 0.178. The molecule has 0 fully saturated rings. The zero-order valence-electron chi connectivity index (χ0n) is 16.2. The Kier molecular flexibility index (Phi) is 10.8. The Morgan fingerprint density at radius 3 is 1.96 bits per heavy atom. The van der Waals surface area contributed by atoms with E-state index < -0.39 is 0 Å². The van der Waals surface area contributed by atoms with E-state index >= 15 is 0 Å². The van der Waals surface area contributed by atoms with E-state index in [1.54, 1.807) is 7.11 Å². The number of rotatable bonds is 8. The van der Waals surface area contributed by atoms with E-state index in [9.17, 15) is 4.39 Å². The summed E-state index contributed by atoms with van der Waals surface area (Å²) in [7, 11) is 1.69. The maximum atomic E-state index is 12.6. The summed E-state index contributed by atoms with van der Waals surface area (Å²) >= 11 is 0. The van der Waals surface area contributed by atoms with Gasteiger partial charge in [-0.3, -0.25) is 0 Å². The van der Waals surface area contributed by atoms with Crippen LogP contribution in [0.5, 0.6) is 0 Å². The molecule has 0 aromatic heterocycles. The van der Waals surface area contributed by atoms with Crippen molar-refractivity contribution in [2.45, 2.75) is 58.3 Å². The highest BCUT2D eigenvalue weighted by atomic mass is 19.1. The fraction of sp³-hybridized carbons (Fsp3) is 0.478. The number of hydrogen-bond donors (Lipinski definition) is 0. The molecule has 2 aromatic carbocycles. The molecule has 0 saturated carbocycles. The van der Waals surface area contributed by atoms with Gasteiger partial charge in [0.05, 0.1) is 0 Å². The highest BCUT2D eigenvalue weighted by Gasteiger charge is 2.04. The molecule has 2 rings (SSSR count). The van der Waals surface area contributed by atoms with Crippen molar-refractivity contribution in [3.05, 3.63) is 71.5 Å². The van der Waals surface area contributed by atoms with E-state index in [-0.39, 0.29) is 5.82 Å². The molecular weight excluding hydrogens is 311 g/mol. The van der Waals surface area contributed by atoms with Crippen LogP contribution in [0.4, 0.5) is 4.39 Å². The summed E-state index contributed by atoms with van der Waals surface area (Å²) in [5, 5.41) is 0. The Hall–Kier alpha value is -1.67. The number of ether oxygens (including phenoxy) is 1. The first-order valence-corrected chi connectivity index (χ1v) is 9.37. The van der Waals surface area contributed by atoms with Crippen LogP contribution >= 0.6 is 0 Å². The van der Waals surface area contributed by atoms with Crippen LogP contribution in [0.1, 0.15) is 69.4 Å². The van der Waals surface area contributed by atoms with Crippen molar-refractivity contribution in [3.8, 4) is 0 Å². The topological polar surface area (TPSA) is 9.23 Å². The van der Waals surface area contributed by atoms with Crippen molar-refractivity contribution >= 4 is 0 Å². The predicted molar refractivity (Wildman–Crippen MR) is 106 cm³/mol. The molecule has 0 aliphatic rings. The van der Waals surface area contributed by atoms with E-state index in [1.807, 2.05) is 12.1 Å². The summed E-state index contributed by atoms with van der Waals surface area (Å²) in [4.78, 5) is 0. The molecular formula is C23H33FO. The zero-order valence-corrected chi connectivity index (χ0v) is 16.2. The minimum Gasteiger partial charge on any atom is -0.385 e. The van der Waals surface area contributed by atoms with Crippen LogP contribution in [-0.2, 0) is 4.74 Å². The second-order valence-corrected chi connectivity index (χ2v) is 6.69. The monoisotopic (exact) mass is 344 g/mol. The first-order valence-electron chi connectivity index (χ1n) is 9.37. The van der Waals surface area contributed by atoms with Crippen molar-refractivity contribution < 1.29 is 9.13 Å². The van der Waals surface area contributed by atoms with Gasteiger partial charge >= 0.3 is 0 Å². The molecule has 0 bridgehead atoms. The summed E-state index contributed by atoms with van der Waals surface area (Å²) in [6, 6.07) is 17.4. The molecule has 2 heteroatoms. The van der Waals surface area contributed by atoms with Crippen LogP contribution in [0.3, 0.4) is 0 Å². The van der Waals surface area contributed by atoms with E-state index in [4.69, 9.17) is 4.74 Å². The highest BCUT2D eigenvalue weighted by Crippen LogP contribution is 2.20. The third-order valence-corrected chi connectivity index (χ3v) is 4.55. The average molecular weight is 345 g/mol. The minimum atomic E-state index is -0.178. The third kappa shape index (κ3) is 8.83. The second-order valence-electron chi connectivity index (χ2n) is 6.69. The smallest absolute Gasteiger partial charge is 0.123 e. The highest BCUT2D eigenvalue weighted by molar-refractivity contribution is 5.20. The summed E-state index contributed by atoms with van der Waals surface area (Å²) in [6.45, 7) is 7.42. The molecule has 0 spiro atoms. The Morgan fingerprint density at radius 1 is 0.840 bits per heavy atom. The van der Waals surface area contributed by atoms with Crippen LogP contribution < -0.4 is 0 Å². The quantitative estimate of drug-likeness (QED) is 0.503. The van der Waals surface area contributed by atoms with Gasteiger partial charge in [-0.25, -0.2) is 4.39 Å². The van der Waals surface area contributed by atoms with Crippen molar-refractivity contribution in [3.63, 3.8) is 0 Å². The lowest BCUT2D eigenvalue weighted by molar-refractivity contribution is 0.189. The van der Waals surface area contributed by atoms with Gasteiger partial charge in [-0.2, -0.15) is 0 Å². The van der Waals surface area contributed by atoms with Crippen molar-refractivity contribution in [2.24, 2.45) is 0 Å². The van der Waals surface area contributed by atoms with Crippen LogP contribution in [0.25, 0.3) is 0 Å². The van der Waals surface area contributed by atoms with Gasteiger partial charge in [0.25, 0.3) is 0 Å². The molecule has 2 unspecified atom stereocenters. The summed E-state index contributed by atoms with van der Waals surface area (Å²) in [6.07, 6.45) is 4.94. The number of benzene rings is 2. The van der Waals surface area contributed by atoms with Gasteiger partial charge in [0.2, 0.25) is 0 Å². The van der Waals surface area contributed by atoms with Gasteiger partial charge in [-0.1, -0.05) is 76.1 Å². The van der Waals surface area contributed by atoms with Gasteiger partial charge < -0.3 is 4.74 Å². The Bertz CT molecular complexity index is 550. The fourth-order valence-corrected chi connectivity index (χ4v) is 2.71. The summed E-state index contributed by atoms with van der Waals surface area (Å²) < 4.78 is 17.6. The van der Waals surface area contributed by atoms with Gasteiger partial charge in [-0.15, -0.1) is 0 Å². The molecule has 1 nitrogen and oxygen atoms in total. The summed E-state index contributed by atoms with van der Waals surface area (Å²) in [5.41, 5.74) is 2.64. The van der Waals surface area contributed by atoms with Crippen LogP contribution in [0.15, 0.2) is 54.6 Å². The molecule has 0 radical (unpaired) electrons. The van der Waals surface area contributed by atoms with E-state index in [2.05, 4.69) is 51.1 Å². The first-order chi connectivity index (χ1) is 12.1. The molecule has 0 saturated heterocycles. The van der Waals surface area contributed by atoms with Gasteiger partial charge in [0.15, 0.2) is 0 Å². The number of methoxy groups -OCH3 is 1. The van der Waals surface area contributed by atoms with Crippen LogP contribution in [-0.4, -0.2) is 13.7 Å². The lowest BCUT2D eigenvalue weighted by Crippen LogP contribution is -1.98. The molecule has 0 amide bonds. The van der Waals surface area contributed by atoms with Crippen LogP contribution in [0.2, 0.25) is 0 Å². The zero-order chi connectivity index (χ0) is 18.5. The standard InChI is InChI=1S/C12H18.C11H15FO/c1-3-4-8-11(2)12-9-6-5-7-10-12;1-9(7-8-13-2)10-3-5-11(12)6-4-10/h5-7,9-11H,3-4,8H2,1-2H3;3-6,9H,7-8H2,1-2H3. The van der Waals surface area contributed by atoms with Crippen LogP contribution in [0, 0.1) is 5.82 Å². The Balaban J connectivity index is 0.000000251. The number of unbranched alkanes of at least 4 members (excludes halogenated alkanes) is 1. The van der Waals surface area contributed by atoms with E-state index in [1.165, 1.54) is 42.5 Å². The second kappa shape index (κ2) is 12.7. The maximum Gasteiger partial charge on any atom is 0.123 e. The molecule has 0 N–H and O–H groups in total. The van der Waals surface area contributed by atoms with Gasteiger partial charge in [0.1, 0.15) is 5.82 Å². The SMILES string of the molecule is CCCCC(C)c1ccccc1.COCCC(C)c1ccc(F)cc1. The van der Waals surface area contributed by atoms with Crippen molar-refractivity contribution in [1.82, 2.24) is 0 Å². The number of hydrogen-bond acceptors (Lipinski definition) is 1. The first kappa shape index (κ1) is 21.4. The van der Waals surface area contributed by atoms with Crippen molar-refractivity contribution in [2.75, 3.05) is 13.7 Å². The van der Waals surface area contributed by atoms with Crippen molar-refractivity contribution in [1.29, 1.82) is 0 Å². The molecule has 2 atom stereocenters. The normalized spacial score (nSPS) is 12.8. The maximum absolute atomic E-state index is 12.6. The molecule has 0 aliphatic heterocycles. The predicted octanol–water partition coefficient (Wildman–Crippen LogP) is 6.95. The molecule has 2 aromatic rings. The Labute approximate surface area is 153 Å². The molecule has 0 aliphatic carbocycles. The summed E-state index contributed by atoms with van der Waals surface area (Å²) in [5.74, 6) is 0.981. The molecule has 25 heavy (non-hydrogen) atoms. The number of halogens is 1. The van der Waals surface area contributed by atoms with Gasteiger partial charge in [0, 0.05) is 13.7 Å². The Morgan fingerprint density at radius 2 is 1.40 bits per heavy atom. The molecule has 0 heterocycles. The van der Waals surface area contributed by atoms with E-state index in [0.717, 1.165) is 18.9 Å². The molecule has 138 valence electrons. The third-order valence-electron chi connectivity index (χ3n) is 4.55. The fourth-order valence-electron chi connectivity index (χ4n) is 2.71. The van der Waals surface area contributed by atoms with E-state index in [0.29, 0.717) is 5.92 Å². The van der Waals surface area contributed by atoms with Gasteiger partial charge in [-0.05, 0) is 47.9 Å².